The summed E-state index contributed by atoms with van der Waals surface area (Å²) in [5.41, 5.74) is 0.403. The van der Waals surface area contributed by atoms with Gasteiger partial charge in [-0.1, -0.05) is 6.92 Å². The summed E-state index contributed by atoms with van der Waals surface area (Å²) in [5.74, 6) is 0.906. The third-order valence-electron chi connectivity index (χ3n) is 4.23. The largest absolute Gasteiger partial charge is 0.385 e. The quantitative estimate of drug-likeness (QED) is 0.695. The zero-order chi connectivity index (χ0) is 13.6. The molecule has 1 aliphatic rings. The Labute approximate surface area is 113 Å². The van der Waals surface area contributed by atoms with Crippen molar-refractivity contribution < 1.29 is 4.74 Å². The molecule has 1 unspecified atom stereocenters. The zero-order valence-electron chi connectivity index (χ0n) is 13.0. The topological polar surface area (TPSA) is 15.7 Å². The minimum Gasteiger partial charge on any atom is -0.385 e. The number of nitrogens with zero attached hydrogens (tertiary/aromatic N) is 2. The van der Waals surface area contributed by atoms with E-state index in [0.29, 0.717) is 5.41 Å². The lowest BCUT2D eigenvalue weighted by Crippen LogP contribution is -2.37. The highest BCUT2D eigenvalue weighted by Gasteiger charge is 2.30. The molecule has 0 N–H and O–H groups in total. The number of likely N-dealkylation sites (tertiary alicyclic amines) is 1. The van der Waals surface area contributed by atoms with Gasteiger partial charge in [-0.3, -0.25) is 0 Å². The smallest absolute Gasteiger partial charge is 0.0467 e. The van der Waals surface area contributed by atoms with Crippen LogP contribution in [0, 0.1) is 11.3 Å². The predicted octanol–water partition coefficient (Wildman–Crippen LogP) is 2.32. The van der Waals surface area contributed by atoms with E-state index in [-0.39, 0.29) is 0 Å². The van der Waals surface area contributed by atoms with Crippen LogP contribution in [0.3, 0.4) is 0 Å². The Morgan fingerprint density at radius 3 is 2.39 bits per heavy atom. The zero-order valence-corrected chi connectivity index (χ0v) is 13.0. The van der Waals surface area contributed by atoms with Crippen LogP contribution in [-0.4, -0.2) is 64.3 Å². The van der Waals surface area contributed by atoms with E-state index in [0.717, 1.165) is 12.5 Å². The second-order valence-electron chi connectivity index (χ2n) is 6.74. The van der Waals surface area contributed by atoms with Crippen LogP contribution < -0.4 is 0 Å². The van der Waals surface area contributed by atoms with Gasteiger partial charge >= 0.3 is 0 Å². The van der Waals surface area contributed by atoms with Crippen LogP contribution in [0.5, 0.6) is 0 Å². The van der Waals surface area contributed by atoms with Crippen LogP contribution in [0.15, 0.2) is 0 Å². The molecule has 1 fully saturated rings. The van der Waals surface area contributed by atoms with Crippen molar-refractivity contribution in [2.75, 3.05) is 54.5 Å². The van der Waals surface area contributed by atoms with Crippen molar-refractivity contribution in [2.45, 2.75) is 32.6 Å². The molecule has 0 aliphatic carbocycles. The normalized spacial score (nSPS) is 22.3. The second-order valence-corrected chi connectivity index (χ2v) is 6.74. The van der Waals surface area contributed by atoms with E-state index < -0.39 is 0 Å². The van der Waals surface area contributed by atoms with Gasteiger partial charge in [-0.25, -0.2) is 0 Å². The van der Waals surface area contributed by atoms with E-state index in [4.69, 9.17) is 4.74 Å². The fraction of sp³-hybridized carbons (Fsp3) is 1.00. The molecule has 1 atom stereocenters. The predicted molar refractivity (Wildman–Crippen MR) is 78.0 cm³/mol. The lowest BCUT2D eigenvalue weighted by Gasteiger charge is -2.38. The van der Waals surface area contributed by atoms with Crippen molar-refractivity contribution in [1.29, 1.82) is 0 Å². The molecule has 0 saturated carbocycles. The summed E-state index contributed by atoms with van der Waals surface area (Å²) in [6.45, 7) is 7.03. The van der Waals surface area contributed by atoms with Crippen LogP contribution in [0.1, 0.15) is 32.6 Å². The molecule has 1 rings (SSSR count). The summed E-state index contributed by atoms with van der Waals surface area (Å²) >= 11 is 0. The molecule has 0 aromatic heterocycles. The summed E-state index contributed by atoms with van der Waals surface area (Å²) in [5, 5.41) is 0. The molecule has 3 heteroatoms. The fourth-order valence-corrected chi connectivity index (χ4v) is 3.32. The van der Waals surface area contributed by atoms with E-state index in [2.05, 4.69) is 37.9 Å². The number of rotatable bonds is 7. The van der Waals surface area contributed by atoms with Gasteiger partial charge in [0.2, 0.25) is 0 Å². The molecule has 0 spiro atoms. The first-order chi connectivity index (χ1) is 8.45. The molecule has 1 aliphatic heterocycles. The van der Waals surface area contributed by atoms with E-state index in [9.17, 15) is 0 Å². The molecule has 1 heterocycles. The Morgan fingerprint density at radius 1 is 1.28 bits per heavy atom. The molecule has 0 aromatic carbocycles. The Bertz CT molecular complexity index is 225. The first-order valence-corrected chi connectivity index (χ1v) is 7.27. The highest BCUT2D eigenvalue weighted by molar-refractivity contribution is 4.82. The van der Waals surface area contributed by atoms with Gasteiger partial charge in [0, 0.05) is 20.3 Å². The number of hydrogen-bond acceptors (Lipinski definition) is 3. The van der Waals surface area contributed by atoms with Gasteiger partial charge < -0.3 is 14.5 Å². The molecule has 0 amide bonds. The standard InChI is InChI=1S/C15H32N2O/c1-15(8-11-18-5,13-16(2)3)12-14-6-9-17(4)10-7-14/h14H,6-13H2,1-5H3. The van der Waals surface area contributed by atoms with E-state index in [1.807, 2.05) is 7.11 Å². The lowest BCUT2D eigenvalue weighted by atomic mass is 9.75. The minimum atomic E-state index is 0.403. The third kappa shape index (κ3) is 5.68. The van der Waals surface area contributed by atoms with Crippen LogP contribution in [-0.2, 0) is 4.74 Å². The van der Waals surface area contributed by atoms with Crippen LogP contribution in [0.2, 0.25) is 0 Å². The van der Waals surface area contributed by atoms with E-state index in [1.54, 1.807) is 0 Å². The minimum absolute atomic E-state index is 0.403. The van der Waals surface area contributed by atoms with Gasteiger partial charge in [0.15, 0.2) is 0 Å². The molecular weight excluding hydrogens is 224 g/mol. The molecule has 108 valence electrons. The first kappa shape index (κ1) is 15.9. The summed E-state index contributed by atoms with van der Waals surface area (Å²) in [4.78, 5) is 4.78. The maximum Gasteiger partial charge on any atom is 0.0467 e. The summed E-state index contributed by atoms with van der Waals surface area (Å²) < 4.78 is 5.30. The number of piperidine rings is 1. The molecule has 18 heavy (non-hydrogen) atoms. The Kier molecular flexibility index (Phi) is 6.61. The molecule has 3 nitrogen and oxygen atoms in total. The van der Waals surface area contributed by atoms with Crippen LogP contribution >= 0.6 is 0 Å². The van der Waals surface area contributed by atoms with Gasteiger partial charge in [0.05, 0.1) is 0 Å². The van der Waals surface area contributed by atoms with Crippen molar-refractivity contribution in [1.82, 2.24) is 9.80 Å². The van der Waals surface area contributed by atoms with Crippen molar-refractivity contribution >= 4 is 0 Å². The SMILES string of the molecule is COCCC(C)(CC1CCN(C)CC1)CN(C)C. The molecule has 0 radical (unpaired) electrons. The molecule has 0 bridgehead atoms. The van der Waals surface area contributed by atoms with Gasteiger partial charge in [0.1, 0.15) is 0 Å². The highest BCUT2D eigenvalue weighted by atomic mass is 16.5. The Balaban J connectivity index is 2.48. The summed E-state index contributed by atoms with van der Waals surface area (Å²) in [6.07, 6.45) is 5.26. The number of methoxy groups -OCH3 is 1. The van der Waals surface area contributed by atoms with Crippen molar-refractivity contribution in [2.24, 2.45) is 11.3 Å². The molecule has 0 aromatic rings. The average molecular weight is 256 g/mol. The lowest BCUT2D eigenvalue weighted by molar-refractivity contribution is 0.0858. The Hall–Kier alpha value is -0.120. The van der Waals surface area contributed by atoms with Gasteiger partial charge in [-0.15, -0.1) is 0 Å². The summed E-state index contributed by atoms with van der Waals surface area (Å²) in [6, 6.07) is 0. The maximum absolute atomic E-state index is 5.30. The fourth-order valence-electron chi connectivity index (χ4n) is 3.32. The first-order valence-electron chi connectivity index (χ1n) is 7.27. The molecular formula is C15H32N2O. The summed E-state index contributed by atoms with van der Waals surface area (Å²) in [7, 11) is 8.41. The third-order valence-corrected chi connectivity index (χ3v) is 4.23. The van der Waals surface area contributed by atoms with Crippen molar-refractivity contribution in [3.05, 3.63) is 0 Å². The Morgan fingerprint density at radius 2 is 1.89 bits per heavy atom. The van der Waals surface area contributed by atoms with E-state index in [1.165, 1.54) is 45.3 Å². The van der Waals surface area contributed by atoms with Gasteiger partial charge in [-0.05, 0) is 71.2 Å². The maximum atomic E-state index is 5.30. The van der Waals surface area contributed by atoms with Crippen molar-refractivity contribution in [3.63, 3.8) is 0 Å². The number of hydrogen-bond donors (Lipinski definition) is 0. The molecule has 1 saturated heterocycles. The van der Waals surface area contributed by atoms with E-state index >= 15 is 0 Å². The van der Waals surface area contributed by atoms with Crippen LogP contribution in [0.25, 0.3) is 0 Å². The van der Waals surface area contributed by atoms with Gasteiger partial charge in [0.25, 0.3) is 0 Å². The average Bonchev–Trinajstić information content (AvgIpc) is 2.29. The van der Waals surface area contributed by atoms with Gasteiger partial charge in [-0.2, -0.15) is 0 Å². The monoisotopic (exact) mass is 256 g/mol. The second kappa shape index (κ2) is 7.46. The van der Waals surface area contributed by atoms with Crippen LogP contribution in [0.4, 0.5) is 0 Å². The number of ether oxygens (including phenoxy) is 1. The highest BCUT2D eigenvalue weighted by Crippen LogP contribution is 2.34. The van der Waals surface area contributed by atoms with Crippen molar-refractivity contribution in [3.8, 4) is 0 Å².